The molecule has 0 bridgehead atoms. The Morgan fingerprint density at radius 1 is 1.19 bits per heavy atom. The Hall–Kier alpha value is -1.52. The summed E-state index contributed by atoms with van der Waals surface area (Å²) >= 11 is 0. The Kier molecular flexibility index (Phi) is 12.7. The molecular formula is C23H36O4. The molecule has 0 aromatic rings. The average molecular weight is 377 g/mol. The number of Topliss-reactive ketones (excluding diaryl/α,β-unsaturated/α-hetero) is 1. The average Bonchev–Trinajstić information content (AvgIpc) is 3.01. The van der Waals surface area contributed by atoms with Crippen LogP contribution in [0.25, 0.3) is 0 Å². The number of allylic oxidation sites excluding steroid dienone is 5. The number of aliphatic hydroxyl groups excluding tert-OH is 2. The lowest BCUT2D eigenvalue weighted by Crippen LogP contribution is -2.13. The molecule has 0 spiro atoms. The molecule has 0 fully saturated rings. The van der Waals surface area contributed by atoms with E-state index in [1.54, 1.807) is 6.08 Å². The Bertz CT molecular complexity index is 518. The highest BCUT2D eigenvalue weighted by Gasteiger charge is 2.26. The van der Waals surface area contributed by atoms with E-state index in [0.717, 1.165) is 25.7 Å². The lowest BCUT2D eigenvalue weighted by Gasteiger charge is -2.13. The lowest BCUT2D eigenvalue weighted by molar-refractivity contribution is -0.121. The minimum Gasteiger partial charge on any atom is -0.393 e. The maximum absolute atomic E-state index is 12.1. The van der Waals surface area contributed by atoms with Crippen molar-refractivity contribution in [1.82, 2.24) is 0 Å². The van der Waals surface area contributed by atoms with E-state index < -0.39 is 0 Å². The van der Waals surface area contributed by atoms with E-state index in [1.165, 1.54) is 19.3 Å². The maximum Gasteiger partial charge on any atom is 0.159 e. The summed E-state index contributed by atoms with van der Waals surface area (Å²) in [6.07, 6.45) is 20.2. The molecule has 0 aromatic heterocycles. The quantitative estimate of drug-likeness (QED) is 0.330. The molecule has 0 aliphatic heterocycles. The van der Waals surface area contributed by atoms with Gasteiger partial charge in [-0.15, -0.1) is 0 Å². The van der Waals surface area contributed by atoms with Crippen molar-refractivity contribution in [3.63, 3.8) is 0 Å². The van der Waals surface area contributed by atoms with E-state index in [0.29, 0.717) is 19.3 Å². The fourth-order valence-electron chi connectivity index (χ4n) is 3.30. The van der Waals surface area contributed by atoms with Gasteiger partial charge >= 0.3 is 0 Å². The highest BCUT2D eigenvalue weighted by Crippen LogP contribution is 2.27. The Labute approximate surface area is 164 Å². The second-order valence-electron chi connectivity index (χ2n) is 7.41. The summed E-state index contributed by atoms with van der Waals surface area (Å²) in [6, 6.07) is 0. The van der Waals surface area contributed by atoms with Crippen LogP contribution in [0.15, 0.2) is 36.5 Å². The third-order valence-corrected chi connectivity index (χ3v) is 5.03. The number of ketones is 2. The molecule has 3 atom stereocenters. The van der Waals surface area contributed by atoms with Crippen molar-refractivity contribution in [2.75, 3.05) is 6.61 Å². The maximum atomic E-state index is 12.1. The molecule has 4 nitrogen and oxygen atoms in total. The van der Waals surface area contributed by atoms with E-state index in [9.17, 15) is 14.7 Å². The fourth-order valence-corrected chi connectivity index (χ4v) is 3.30. The van der Waals surface area contributed by atoms with Gasteiger partial charge in [0.25, 0.3) is 0 Å². The number of aliphatic hydroxyl groups is 2. The molecule has 0 amide bonds. The smallest absolute Gasteiger partial charge is 0.159 e. The van der Waals surface area contributed by atoms with Crippen LogP contribution in [0.4, 0.5) is 0 Å². The van der Waals surface area contributed by atoms with Gasteiger partial charge in [-0.3, -0.25) is 9.59 Å². The first-order chi connectivity index (χ1) is 13.1. The topological polar surface area (TPSA) is 74.6 Å². The summed E-state index contributed by atoms with van der Waals surface area (Å²) in [4.78, 5) is 23.1. The van der Waals surface area contributed by atoms with Gasteiger partial charge in [-0.1, -0.05) is 63.0 Å². The number of hydrogen-bond acceptors (Lipinski definition) is 4. The van der Waals surface area contributed by atoms with Crippen LogP contribution < -0.4 is 0 Å². The molecule has 0 saturated heterocycles. The molecule has 2 N–H and O–H groups in total. The SMILES string of the molecule is CCCCCCC(O)CC=C[C@H]1C=CC(=O)[C@@H]1CC=CCCCC(=O)CO. The highest BCUT2D eigenvalue weighted by molar-refractivity contribution is 5.95. The summed E-state index contributed by atoms with van der Waals surface area (Å²) in [5.74, 6) is 0.0740. The summed E-state index contributed by atoms with van der Waals surface area (Å²) in [5.41, 5.74) is 0. The van der Waals surface area contributed by atoms with Gasteiger partial charge in [0, 0.05) is 18.3 Å². The first-order valence-corrected chi connectivity index (χ1v) is 10.4. The molecule has 1 aliphatic rings. The molecule has 0 radical (unpaired) electrons. The molecule has 27 heavy (non-hydrogen) atoms. The number of carbonyl (C=O) groups is 2. The summed E-state index contributed by atoms with van der Waals surface area (Å²) in [7, 11) is 0. The van der Waals surface area contributed by atoms with Gasteiger partial charge in [0.1, 0.15) is 6.61 Å². The molecule has 1 rings (SSSR count). The normalized spacial score (nSPS) is 20.9. The fraction of sp³-hybridized carbons (Fsp3) is 0.652. The molecule has 0 aromatic carbocycles. The second-order valence-corrected chi connectivity index (χ2v) is 7.41. The standard InChI is InChI=1S/C23H36O4/c1-2-3-4-7-12-20(25)14-10-11-19-16-17-23(27)22(19)15-9-6-5-8-13-21(26)18-24/h6,9-11,16-17,19-20,22,24-25H,2-5,7-8,12-15,18H2,1H3/t19-,20?,22+/m0/s1. The van der Waals surface area contributed by atoms with Crippen LogP contribution in [0.2, 0.25) is 0 Å². The lowest BCUT2D eigenvalue weighted by atomic mass is 9.90. The van der Waals surface area contributed by atoms with Crippen LogP contribution >= 0.6 is 0 Å². The minimum absolute atomic E-state index is 0.0572. The first kappa shape index (κ1) is 23.5. The molecule has 0 saturated carbocycles. The first-order valence-electron chi connectivity index (χ1n) is 10.4. The Balaban J connectivity index is 2.30. The van der Waals surface area contributed by atoms with Crippen LogP contribution in [0.5, 0.6) is 0 Å². The van der Waals surface area contributed by atoms with Crippen molar-refractivity contribution in [2.45, 2.75) is 77.2 Å². The van der Waals surface area contributed by atoms with E-state index in [4.69, 9.17) is 5.11 Å². The van der Waals surface area contributed by atoms with Gasteiger partial charge in [0.15, 0.2) is 11.6 Å². The molecule has 1 unspecified atom stereocenters. The largest absolute Gasteiger partial charge is 0.393 e. The van der Waals surface area contributed by atoms with Gasteiger partial charge < -0.3 is 10.2 Å². The number of rotatable bonds is 15. The number of unbranched alkanes of at least 4 members (excludes halogenated alkanes) is 4. The van der Waals surface area contributed by atoms with Gasteiger partial charge in [-0.05, 0) is 38.2 Å². The zero-order valence-corrected chi connectivity index (χ0v) is 16.7. The third kappa shape index (κ3) is 10.4. The van der Waals surface area contributed by atoms with Crippen molar-refractivity contribution in [3.05, 3.63) is 36.5 Å². The van der Waals surface area contributed by atoms with Crippen LogP contribution in [-0.2, 0) is 9.59 Å². The monoisotopic (exact) mass is 376 g/mol. The van der Waals surface area contributed by atoms with Crippen molar-refractivity contribution >= 4 is 11.6 Å². The molecule has 0 heterocycles. The summed E-state index contributed by atoms with van der Waals surface area (Å²) in [6.45, 7) is 1.80. The van der Waals surface area contributed by atoms with E-state index >= 15 is 0 Å². The van der Waals surface area contributed by atoms with Gasteiger partial charge in [0.05, 0.1) is 6.10 Å². The van der Waals surface area contributed by atoms with Crippen molar-refractivity contribution in [1.29, 1.82) is 0 Å². The van der Waals surface area contributed by atoms with Gasteiger partial charge in [-0.25, -0.2) is 0 Å². The van der Waals surface area contributed by atoms with Crippen LogP contribution in [-0.4, -0.2) is 34.5 Å². The van der Waals surface area contributed by atoms with Gasteiger partial charge in [-0.2, -0.15) is 0 Å². The third-order valence-electron chi connectivity index (χ3n) is 5.03. The Morgan fingerprint density at radius 2 is 2.00 bits per heavy atom. The van der Waals surface area contributed by atoms with Crippen molar-refractivity contribution < 1.29 is 19.8 Å². The minimum atomic E-state index is -0.382. The van der Waals surface area contributed by atoms with Gasteiger partial charge in [0.2, 0.25) is 0 Å². The van der Waals surface area contributed by atoms with E-state index in [-0.39, 0.29) is 36.1 Å². The number of hydrogen-bond donors (Lipinski definition) is 2. The van der Waals surface area contributed by atoms with Crippen LogP contribution in [0, 0.1) is 11.8 Å². The predicted molar refractivity (Wildman–Crippen MR) is 109 cm³/mol. The predicted octanol–water partition coefficient (Wildman–Crippen LogP) is 4.31. The van der Waals surface area contributed by atoms with Crippen molar-refractivity contribution in [2.24, 2.45) is 11.8 Å². The Morgan fingerprint density at radius 3 is 2.74 bits per heavy atom. The molecule has 1 aliphatic carbocycles. The molecule has 152 valence electrons. The van der Waals surface area contributed by atoms with Crippen LogP contribution in [0.1, 0.15) is 71.1 Å². The second kappa shape index (κ2) is 14.5. The summed E-state index contributed by atoms with van der Waals surface area (Å²) < 4.78 is 0. The molecule has 4 heteroatoms. The zero-order valence-electron chi connectivity index (χ0n) is 16.7. The van der Waals surface area contributed by atoms with Crippen molar-refractivity contribution in [3.8, 4) is 0 Å². The zero-order chi connectivity index (χ0) is 19.9. The van der Waals surface area contributed by atoms with E-state index in [2.05, 4.69) is 13.0 Å². The van der Waals surface area contributed by atoms with Crippen LogP contribution in [0.3, 0.4) is 0 Å². The summed E-state index contributed by atoms with van der Waals surface area (Å²) in [5, 5.41) is 18.7. The van der Waals surface area contributed by atoms with E-state index in [1.807, 2.05) is 24.3 Å². The highest BCUT2D eigenvalue weighted by atomic mass is 16.3. The number of carbonyl (C=O) groups excluding carboxylic acids is 2. The molecular weight excluding hydrogens is 340 g/mol.